The van der Waals surface area contributed by atoms with Crippen molar-refractivity contribution in [2.75, 3.05) is 0 Å². The molecule has 0 saturated heterocycles. The highest BCUT2D eigenvalue weighted by atomic mass is 79.9. The number of furan rings is 1. The van der Waals surface area contributed by atoms with Gasteiger partial charge >= 0.3 is 0 Å². The SMILES string of the molecule is Clc1cc(C(Cl)c2ccoc2Br)c(Cl)s1. The molecule has 0 aromatic carbocycles. The first kappa shape index (κ1) is 11.8. The van der Waals surface area contributed by atoms with E-state index in [-0.39, 0.29) is 5.38 Å². The molecule has 80 valence electrons. The summed E-state index contributed by atoms with van der Waals surface area (Å²) in [7, 11) is 0. The summed E-state index contributed by atoms with van der Waals surface area (Å²) in [5.74, 6) is 0. The summed E-state index contributed by atoms with van der Waals surface area (Å²) in [5.41, 5.74) is 1.64. The van der Waals surface area contributed by atoms with Crippen LogP contribution in [-0.2, 0) is 0 Å². The summed E-state index contributed by atoms with van der Waals surface area (Å²) in [6.45, 7) is 0. The fourth-order valence-electron chi connectivity index (χ4n) is 1.18. The van der Waals surface area contributed by atoms with E-state index in [1.165, 1.54) is 11.3 Å². The molecule has 1 unspecified atom stereocenters. The fraction of sp³-hybridized carbons (Fsp3) is 0.111. The van der Waals surface area contributed by atoms with Gasteiger partial charge in [-0.05, 0) is 28.1 Å². The van der Waals surface area contributed by atoms with Gasteiger partial charge in [0.15, 0.2) is 4.67 Å². The second kappa shape index (κ2) is 4.68. The standard InChI is InChI=1S/C9H4BrCl3OS/c10-8-4(1-2-14-8)7(12)5-3-6(11)15-9(5)13/h1-3,7H. The van der Waals surface area contributed by atoms with Crippen molar-refractivity contribution < 1.29 is 4.42 Å². The Kier molecular flexibility index (Phi) is 3.68. The van der Waals surface area contributed by atoms with Crippen LogP contribution in [0.2, 0.25) is 8.67 Å². The smallest absolute Gasteiger partial charge is 0.173 e. The van der Waals surface area contributed by atoms with Crippen LogP contribution < -0.4 is 0 Å². The van der Waals surface area contributed by atoms with E-state index in [1.807, 2.05) is 0 Å². The van der Waals surface area contributed by atoms with Crippen LogP contribution in [0.15, 0.2) is 27.5 Å². The number of alkyl halides is 1. The van der Waals surface area contributed by atoms with E-state index >= 15 is 0 Å². The van der Waals surface area contributed by atoms with Gasteiger partial charge in [-0.2, -0.15) is 0 Å². The van der Waals surface area contributed by atoms with E-state index in [1.54, 1.807) is 18.4 Å². The lowest BCUT2D eigenvalue weighted by molar-refractivity contribution is 0.537. The number of hydrogen-bond acceptors (Lipinski definition) is 2. The van der Waals surface area contributed by atoms with Crippen LogP contribution in [0.5, 0.6) is 0 Å². The summed E-state index contributed by atoms with van der Waals surface area (Å²) in [5, 5.41) is -0.352. The minimum absolute atomic E-state index is 0.352. The first-order chi connectivity index (χ1) is 7.09. The molecule has 0 aliphatic carbocycles. The van der Waals surface area contributed by atoms with Crippen molar-refractivity contribution >= 4 is 62.1 Å². The van der Waals surface area contributed by atoms with Crippen molar-refractivity contribution in [3.8, 4) is 0 Å². The largest absolute Gasteiger partial charge is 0.457 e. The van der Waals surface area contributed by atoms with Crippen LogP contribution in [0.25, 0.3) is 0 Å². The molecule has 0 fully saturated rings. The minimum Gasteiger partial charge on any atom is -0.457 e. The fourth-order valence-corrected chi connectivity index (χ4v) is 3.78. The third kappa shape index (κ3) is 2.37. The van der Waals surface area contributed by atoms with Crippen molar-refractivity contribution in [3.05, 3.63) is 42.9 Å². The molecule has 0 radical (unpaired) electrons. The number of hydrogen-bond donors (Lipinski definition) is 0. The van der Waals surface area contributed by atoms with Gasteiger partial charge in [-0.1, -0.05) is 23.2 Å². The summed E-state index contributed by atoms with van der Waals surface area (Å²) in [4.78, 5) is 0. The van der Waals surface area contributed by atoms with Crippen molar-refractivity contribution in [2.24, 2.45) is 0 Å². The molecule has 0 saturated carbocycles. The van der Waals surface area contributed by atoms with Gasteiger partial charge in [0, 0.05) is 11.1 Å². The van der Waals surface area contributed by atoms with E-state index < -0.39 is 0 Å². The molecule has 2 aromatic heterocycles. The molecule has 15 heavy (non-hydrogen) atoms. The summed E-state index contributed by atoms with van der Waals surface area (Å²) >= 11 is 22.7. The zero-order chi connectivity index (χ0) is 11.0. The molecule has 0 amide bonds. The molecule has 1 nitrogen and oxygen atoms in total. The van der Waals surface area contributed by atoms with Crippen LogP contribution in [-0.4, -0.2) is 0 Å². The average Bonchev–Trinajstić information content (AvgIpc) is 2.71. The highest BCUT2D eigenvalue weighted by Gasteiger charge is 2.20. The van der Waals surface area contributed by atoms with Crippen molar-refractivity contribution in [2.45, 2.75) is 5.38 Å². The Morgan fingerprint density at radius 2 is 2.07 bits per heavy atom. The Morgan fingerprint density at radius 3 is 2.53 bits per heavy atom. The van der Waals surface area contributed by atoms with Gasteiger partial charge in [0.05, 0.1) is 20.3 Å². The molecule has 0 spiro atoms. The molecular formula is C9H4BrCl3OS. The van der Waals surface area contributed by atoms with Crippen molar-refractivity contribution in [1.82, 2.24) is 0 Å². The maximum atomic E-state index is 6.27. The predicted molar refractivity (Wildman–Crippen MR) is 68.4 cm³/mol. The lowest BCUT2D eigenvalue weighted by Gasteiger charge is -2.05. The molecule has 0 aliphatic rings. The molecule has 1 atom stereocenters. The van der Waals surface area contributed by atoms with Crippen LogP contribution in [0.1, 0.15) is 16.5 Å². The van der Waals surface area contributed by atoms with Gasteiger partial charge in [-0.3, -0.25) is 0 Å². The first-order valence-corrected chi connectivity index (χ1v) is 6.71. The molecule has 0 bridgehead atoms. The minimum atomic E-state index is -0.352. The van der Waals surface area contributed by atoms with Gasteiger partial charge in [0.2, 0.25) is 0 Å². The van der Waals surface area contributed by atoms with Crippen molar-refractivity contribution in [3.63, 3.8) is 0 Å². The number of halogens is 4. The van der Waals surface area contributed by atoms with Crippen LogP contribution in [0.4, 0.5) is 0 Å². The van der Waals surface area contributed by atoms with Gasteiger partial charge in [0.1, 0.15) is 0 Å². The van der Waals surface area contributed by atoms with Gasteiger partial charge < -0.3 is 4.42 Å². The van der Waals surface area contributed by atoms with E-state index in [0.717, 1.165) is 11.1 Å². The molecule has 6 heteroatoms. The van der Waals surface area contributed by atoms with E-state index in [2.05, 4.69) is 15.9 Å². The lowest BCUT2D eigenvalue weighted by Crippen LogP contribution is -1.90. The van der Waals surface area contributed by atoms with Gasteiger partial charge in [-0.15, -0.1) is 22.9 Å². The second-order valence-electron chi connectivity index (χ2n) is 2.79. The highest BCUT2D eigenvalue weighted by molar-refractivity contribution is 9.10. The molecule has 2 rings (SSSR count). The third-order valence-corrected chi connectivity index (χ3v) is 4.51. The maximum Gasteiger partial charge on any atom is 0.173 e. The van der Waals surface area contributed by atoms with Gasteiger partial charge in [0.25, 0.3) is 0 Å². The summed E-state index contributed by atoms with van der Waals surface area (Å²) in [6.07, 6.45) is 1.57. The zero-order valence-corrected chi connectivity index (χ0v) is 11.8. The predicted octanol–water partition coefficient (Wildman–Crippen LogP) is 5.74. The average molecular weight is 346 g/mol. The number of rotatable bonds is 2. The molecule has 0 N–H and O–H groups in total. The third-order valence-electron chi connectivity index (χ3n) is 1.88. The van der Waals surface area contributed by atoms with Crippen LogP contribution >= 0.6 is 62.1 Å². The zero-order valence-electron chi connectivity index (χ0n) is 7.14. The van der Waals surface area contributed by atoms with E-state index in [4.69, 9.17) is 39.2 Å². The van der Waals surface area contributed by atoms with Crippen LogP contribution in [0, 0.1) is 0 Å². The van der Waals surface area contributed by atoms with Gasteiger partial charge in [-0.25, -0.2) is 0 Å². The molecule has 2 heterocycles. The Hall–Kier alpha value is 0.330. The second-order valence-corrected chi connectivity index (χ2v) is 6.23. The monoisotopic (exact) mass is 344 g/mol. The van der Waals surface area contributed by atoms with Crippen molar-refractivity contribution in [1.29, 1.82) is 0 Å². The molecule has 2 aromatic rings. The Bertz CT molecular complexity index is 479. The molecule has 0 aliphatic heterocycles. The Balaban J connectivity index is 2.40. The summed E-state index contributed by atoms with van der Waals surface area (Å²) in [6, 6.07) is 3.56. The van der Waals surface area contributed by atoms with E-state index in [0.29, 0.717) is 13.3 Å². The van der Waals surface area contributed by atoms with E-state index in [9.17, 15) is 0 Å². The maximum absolute atomic E-state index is 6.27. The molecular weight excluding hydrogens is 342 g/mol. The number of thiophene rings is 1. The quantitative estimate of drug-likeness (QED) is 0.632. The first-order valence-electron chi connectivity index (χ1n) is 3.91. The lowest BCUT2D eigenvalue weighted by atomic mass is 10.1. The van der Waals surface area contributed by atoms with Crippen LogP contribution in [0.3, 0.4) is 0 Å². The topological polar surface area (TPSA) is 13.1 Å². The Morgan fingerprint density at radius 1 is 1.33 bits per heavy atom. The highest BCUT2D eigenvalue weighted by Crippen LogP contribution is 2.42. The summed E-state index contributed by atoms with van der Waals surface area (Å²) < 4.78 is 6.96. The Labute approximate surface area is 114 Å². The normalized spacial score (nSPS) is 13.1.